The summed E-state index contributed by atoms with van der Waals surface area (Å²) in [5.41, 5.74) is 9.59. The van der Waals surface area contributed by atoms with Gasteiger partial charge in [-0.25, -0.2) is 4.98 Å². The Morgan fingerprint density at radius 3 is 2.90 bits per heavy atom. The number of hydrogen-bond acceptors (Lipinski definition) is 7. The average Bonchev–Trinajstić information content (AvgIpc) is 3.21. The van der Waals surface area contributed by atoms with E-state index in [1.807, 2.05) is 30.3 Å². The lowest BCUT2D eigenvalue weighted by molar-refractivity contribution is -0.119. The molecule has 3 aromatic heterocycles. The number of H-pyrrole nitrogens is 1. The van der Waals surface area contributed by atoms with Gasteiger partial charge in [0, 0.05) is 22.8 Å². The number of hydrazine groups is 1. The standard InChI is InChI=1S/C20H20N8O/c1-2-4-17-15(11-23-24-17)18-12-22-20(27-25-18)28-26-19(29)10-13-6-7-16-14(9-13)5-3-8-21-16/h3,5-9,11-12H,2,4,10H2,1H3,(H,23,24)(H,26,29)(H,22,27,28). The molecular weight excluding hydrogens is 368 g/mol. The van der Waals surface area contributed by atoms with E-state index in [0.717, 1.165) is 40.6 Å². The van der Waals surface area contributed by atoms with Crippen molar-refractivity contribution in [2.75, 3.05) is 5.43 Å². The summed E-state index contributed by atoms with van der Waals surface area (Å²) >= 11 is 0. The van der Waals surface area contributed by atoms with E-state index in [4.69, 9.17) is 0 Å². The van der Waals surface area contributed by atoms with Gasteiger partial charge in [0.2, 0.25) is 5.91 Å². The molecule has 0 saturated carbocycles. The summed E-state index contributed by atoms with van der Waals surface area (Å²) in [6.07, 6.45) is 7.15. The molecule has 0 spiro atoms. The first-order valence-corrected chi connectivity index (χ1v) is 9.34. The van der Waals surface area contributed by atoms with Gasteiger partial charge in [-0.15, -0.1) is 10.2 Å². The highest BCUT2D eigenvalue weighted by molar-refractivity contribution is 5.83. The van der Waals surface area contributed by atoms with E-state index >= 15 is 0 Å². The molecule has 0 atom stereocenters. The van der Waals surface area contributed by atoms with Gasteiger partial charge in [0.25, 0.3) is 5.95 Å². The summed E-state index contributed by atoms with van der Waals surface area (Å²) in [5.74, 6) is 0.00586. The summed E-state index contributed by atoms with van der Waals surface area (Å²) < 4.78 is 0. The van der Waals surface area contributed by atoms with Gasteiger partial charge < -0.3 is 0 Å². The largest absolute Gasteiger partial charge is 0.282 e. The van der Waals surface area contributed by atoms with Crippen LogP contribution in [0, 0.1) is 0 Å². The zero-order valence-corrected chi connectivity index (χ0v) is 15.9. The molecule has 3 heterocycles. The van der Waals surface area contributed by atoms with Crippen LogP contribution in [-0.4, -0.2) is 36.3 Å². The first kappa shape index (κ1) is 18.5. The molecule has 146 valence electrons. The van der Waals surface area contributed by atoms with Gasteiger partial charge >= 0.3 is 0 Å². The maximum atomic E-state index is 12.2. The van der Waals surface area contributed by atoms with E-state index < -0.39 is 0 Å². The third-order valence-electron chi connectivity index (χ3n) is 4.40. The first-order valence-electron chi connectivity index (χ1n) is 9.34. The molecule has 0 saturated heterocycles. The Kier molecular flexibility index (Phi) is 5.37. The number of aryl methyl sites for hydroxylation is 1. The molecule has 0 aliphatic heterocycles. The van der Waals surface area contributed by atoms with Crippen molar-refractivity contribution in [1.82, 2.24) is 35.8 Å². The molecule has 0 bridgehead atoms. The number of rotatable bonds is 7. The van der Waals surface area contributed by atoms with Crippen LogP contribution in [0.5, 0.6) is 0 Å². The normalized spacial score (nSPS) is 10.8. The third kappa shape index (κ3) is 4.34. The second-order valence-electron chi connectivity index (χ2n) is 6.56. The molecule has 4 rings (SSSR count). The number of hydrogen-bond donors (Lipinski definition) is 3. The average molecular weight is 388 g/mol. The number of fused-ring (bicyclic) bond motifs is 1. The van der Waals surface area contributed by atoms with Crippen molar-refractivity contribution in [2.45, 2.75) is 26.2 Å². The monoisotopic (exact) mass is 388 g/mol. The number of anilines is 1. The molecule has 4 aromatic rings. The number of carbonyl (C=O) groups excluding carboxylic acids is 1. The SMILES string of the molecule is CCCc1[nH]ncc1-c1cnc(NNC(=O)Cc2ccc3ncccc3c2)nn1. The maximum Gasteiger partial charge on any atom is 0.261 e. The zero-order chi connectivity index (χ0) is 20.1. The Labute approximate surface area is 167 Å². The van der Waals surface area contributed by atoms with Crippen molar-refractivity contribution in [2.24, 2.45) is 0 Å². The number of aromatic nitrogens is 6. The lowest BCUT2D eigenvalue weighted by Crippen LogP contribution is -2.31. The van der Waals surface area contributed by atoms with Gasteiger partial charge in [-0.1, -0.05) is 25.5 Å². The van der Waals surface area contributed by atoms with Crippen LogP contribution in [0.25, 0.3) is 22.2 Å². The number of nitrogens with zero attached hydrogens (tertiary/aromatic N) is 5. The van der Waals surface area contributed by atoms with Gasteiger partial charge in [-0.05, 0) is 30.2 Å². The van der Waals surface area contributed by atoms with E-state index in [-0.39, 0.29) is 18.3 Å². The second kappa shape index (κ2) is 8.42. The number of aromatic amines is 1. The fourth-order valence-electron chi connectivity index (χ4n) is 3.02. The van der Waals surface area contributed by atoms with Crippen LogP contribution in [0.4, 0.5) is 5.95 Å². The second-order valence-corrected chi connectivity index (χ2v) is 6.56. The molecule has 0 fully saturated rings. The lowest BCUT2D eigenvalue weighted by atomic mass is 10.1. The van der Waals surface area contributed by atoms with Crippen LogP contribution in [-0.2, 0) is 17.6 Å². The first-order chi connectivity index (χ1) is 14.2. The Hall–Kier alpha value is -3.88. The molecule has 0 unspecified atom stereocenters. The number of benzene rings is 1. The summed E-state index contributed by atoms with van der Waals surface area (Å²) in [7, 11) is 0. The minimum absolute atomic E-state index is 0.207. The molecule has 0 aliphatic carbocycles. The van der Waals surface area contributed by atoms with E-state index in [0.29, 0.717) is 5.69 Å². The Morgan fingerprint density at radius 1 is 1.14 bits per heavy atom. The Bertz CT molecular complexity index is 1120. The number of pyridine rings is 1. The van der Waals surface area contributed by atoms with Crippen molar-refractivity contribution in [3.63, 3.8) is 0 Å². The van der Waals surface area contributed by atoms with E-state index in [1.165, 1.54) is 0 Å². The summed E-state index contributed by atoms with van der Waals surface area (Å²) in [6.45, 7) is 2.10. The third-order valence-corrected chi connectivity index (χ3v) is 4.40. The molecule has 9 heteroatoms. The molecule has 0 radical (unpaired) electrons. The molecular formula is C20H20N8O. The van der Waals surface area contributed by atoms with Gasteiger partial charge in [0.15, 0.2) is 0 Å². The Morgan fingerprint density at radius 2 is 2.07 bits per heavy atom. The van der Waals surface area contributed by atoms with Crippen molar-refractivity contribution in [3.8, 4) is 11.3 Å². The van der Waals surface area contributed by atoms with Crippen molar-refractivity contribution in [1.29, 1.82) is 0 Å². The molecule has 9 nitrogen and oxygen atoms in total. The van der Waals surface area contributed by atoms with Crippen LogP contribution in [0.3, 0.4) is 0 Å². The summed E-state index contributed by atoms with van der Waals surface area (Å²) in [5, 5.41) is 16.2. The molecule has 29 heavy (non-hydrogen) atoms. The lowest BCUT2D eigenvalue weighted by Gasteiger charge is -2.07. The summed E-state index contributed by atoms with van der Waals surface area (Å²) in [6, 6.07) is 9.58. The van der Waals surface area contributed by atoms with Crippen LogP contribution in [0.15, 0.2) is 48.9 Å². The van der Waals surface area contributed by atoms with Crippen molar-refractivity contribution >= 4 is 22.8 Å². The van der Waals surface area contributed by atoms with E-state index in [2.05, 4.69) is 48.1 Å². The van der Waals surface area contributed by atoms with E-state index in [9.17, 15) is 4.79 Å². The fraction of sp³-hybridized carbons (Fsp3) is 0.200. The number of nitrogens with one attached hydrogen (secondary N) is 3. The number of carbonyl (C=O) groups is 1. The molecule has 0 aliphatic rings. The Balaban J connectivity index is 1.35. The minimum Gasteiger partial charge on any atom is -0.282 e. The predicted molar refractivity (Wildman–Crippen MR) is 109 cm³/mol. The van der Waals surface area contributed by atoms with Crippen LogP contribution >= 0.6 is 0 Å². The topological polar surface area (TPSA) is 121 Å². The maximum absolute atomic E-state index is 12.2. The minimum atomic E-state index is -0.207. The molecule has 3 N–H and O–H groups in total. The van der Waals surface area contributed by atoms with Crippen LogP contribution in [0.1, 0.15) is 24.6 Å². The van der Waals surface area contributed by atoms with Crippen molar-refractivity contribution < 1.29 is 4.79 Å². The van der Waals surface area contributed by atoms with Crippen LogP contribution < -0.4 is 10.9 Å². The quantitative estimate of drug-likeness (QED) is 0.416. The van der Waals surface area contributed by atoms with Gasteiger partial charge in [-0.2, -0.15) is 5.10 Å². The number of amides is 1. The highest BCUT2D eigenvalue weighted by Gasteiger charge is 2.10. The van der Waals surface area contributed by atoms with Crippen LogP contribution in [0.2, 0.25) is 0 Å². The van der Waals surface area contributed by atoms with Gasteiger partial charge in [0.05, 0.1) is 24.3 Å². The zero-order valence-electron chi connectivity index (χ0n) is 15.9. The molecule has 1 aromatic carbocycles. The van der Waals surface area contributed by atoms with E-state index in [1.54, 1.807) is 18.6 Å². The smallest absolute Gasteiger partial charge is 0.261 e. The van der Waals surface area contributed by atoms with Crippen molar-refractivity contribution in [3.05, 3.63) is 60.2 Å². The predicted octanol–water partition coefficient (Wildman–Crippen LogP) is 2.45. The highest BCUT2D eigenvalue weighted by atomic mass is 16.2. The molecule has 1 amide bonds. The van der Waals surface area contributed by atoms with Gasteiger partial charge in [0.1, 0.15) is 5.69 Å². The summed E-state index contributed by atoms with van der Waals surface area (Å²) in [4.78, 5) is 20.7. The highest BCUT2D eigenvalue weighted by Crippen LogP contribution is 2.19. The van der Waals surface area contributed by atoms with Gasteiger partial charge in [-0.3, -0.25) is 25.7 Å². The fourth-order valence-corrected chi connectivity index (χ4v) is 3.02.